The Bertz CT molecular complexity index is 1160. The molecule has 6 heteroatoms. The molecule has 1 fully saturated rings. The summed E-state index contributed by atoms with van der Waals surface area (Å²) in [6.45, 7) is 1.24. The number of fused-ring (bicyclic) bond motifs is 1. The summed E-state index contributed by atoms with van der Waals surface area (Å²) in [5, 5.41) is 16.8. The number of methoxy groups -OCH3 is 1. The molecule has 6 nitrogen and oxygen atoms in total. The number of aliphatic hydroxyl groups excluding tert-OH is 1. The van der Waals surface area contributed by atoms with E-state index in [2.05, 4.69) is 33.2 Å². The molecular formula is C24H23N3O3. The Kier molecular flexibility index (Phi) is 4.94. The maximum atomic E-state index is 10.4. The third kappa shape index (κ3) is 3.44. The summed E-state index contributed by atoms with van der Waals surface area (Å²) in [6, 6.07) is 22.0. The van der Waals surface area contributed by atoms with Gasteiger partial charge in [-0.15, -0.1) is 0 Å². The lowest BCUT2D eigenvalue weighted by molar-refractivity contribution is 0.169. The second-order valence-electron chi connectivity index (χ2n) is 7.63. The fourth-order valence-corrected chi connectivity index (χ4v) is 4.25. The molecule has 1 N–H and O–H groups in total. The highest BCUT2D eigenvalue weighted by Gasteiger charge is 2.36. The van der Waals surface area contributed by atoms with Gasteiger partial charge >= 0.3 is 0 Å². The topological polar surface area (TPSA) is 71.6 Å². The van der Waals surface area contributed by atoms with Gasteiger partial charge in [-0.3, -0.25) is 4.90 Å². The predicted molar refractivity (Wildman–Crippen MR) is 114 cm³/mol. The van der Waals surface area contributed by atoms with E-state index in [1.807, 2.05) is 48.5 Å². The van der Waals surface area contributed by atoms with Gasteiger partial charge in [-0.1, -0.05) is 65.8 Å². The van der Waals surface area contributed by atoms with E-state index in [-0.39, 0.29) is 6.04 Å². The van der Waals surface area contributed by atoms with Gasteiger partial charge in [-0.25, -0.2) is 0 Å². The largest absolute Gasteiger partial charge is 0.496 e. The van der Waals surface area contributed by atoms with Crippen molar-refractivity contribution < 1.29 is 14.4 Å². The number of β-amino-alcohol motifs (C(OH)–C–C–N with tert-alkyl or cyclic N) is 1. The number of aliphatic hydroxyl groups is 1. The summed E-state index contributed by atoms with van der Waals surface area (Å²) in [7, 11) is 1.69. The number of ether oxygens (including phenoxy) is 1. The Morgan fingerprint density at radius 3 is 2.60 bits per heavy atom. The van der Waals surface area contributed by atoms with Gasteiger partial charge in [0.15, 0.2) is 0 Å². The van der Waals surface area contributed by atoms with Gasteiger partial charge in [0.05, 0.1) is 19.3 Å². The highest BCUT2D eigenvalue weighted by atomic mass is 16.5. The van der Waals surface area contributed by atoms with Crippen molar-refractivity contribution in [2.45, 2.75) is 25.1 Å². The number of hydrogen-bond acceptors (Lipinski definition) is 6. The number of likely N-dealkylation sites (tertiary alicyclic amines) is 1. The lowest BCUT2D eigenvalue weighted by atomic mass is 10.0. The summed E-state index contributed by atoms with van der Waals surface area (Å²) in [5.41, 5.74) is 2.09. The Balaban J connectivity index is 1.45. The van der Waals surface area contributed by atoms with Crippen molar-refractivity contribution in [3.8, 4) is 17.1 Å². The average Bonchev–Trinajstić information content (AvgIpc) is 3.41. The molecule has 0 amide bonds. The van der Waals surface area contributed by atoms with Crippen LogP contribution in [0.5, 0.6) is 5.75 Å². The molecule has 152 valence electrons. The van der Waals surface area contributed by atoms with Crippen LogP contribution in [0.15, 0.2) is 71.3 Å². The van der Waals surface area contributed by atoms with E-state index in [0.29, 0.717) is 31.2 Å². The van der Waals surface area contributed by atoms with Crippen LogP contribution in [0.4, 0.5) is 0 Å². The van der Waals surface area contributed by atoms with Crippen LogP contribution >= 0.6 is 0 Å². The monoisotopic (exact) mass is 401 g/mol. The summed E-state index contributed by atoms with van der Waals surface area (Å²) in [4.78, 5) is 6.84. The molecular weight excluding hydrogens is 378 g/mol. The summed E-state index contributed by atoms with van der Waals surface area (Å²) < 4.78 is 11.1. The lowest BCUT2D eigenvalue weighted by Crippen LogP contribution is -2.24. The van der Waals surface area contributed by atoms with Gasteiger partial charge in [-0.2, -0.15) is 4.98 Å². The van der Waals surface area contributed by atoms with E-state index in [1.54, 1.807) is 7.11 Å². The minimum Gasteiger partial charge on any atom is -0.496 e. The molecule has 2 atom stereocenters. The van der Waals surface area contributed by atoms with Crippen LogP contribution in [0, 0.1) is 0 Å². The van der Waals surface area contributed by atoms with Crippen molar-refractivity contribution in [1.29, 1.82) is 0 Å². The standard InChI is InChI=1S/C24H23N3O3/c1-29-22-12-11-17(19-9-5-6-10-20(19)22)14-27-15-18(28)13-21(27)24-25-23(26-30-24)16-7-3-2-4-8-16/h2-12,18,21,28H,13-15H2,1H3/t18-,21+/m1/s1. The van der Waals surface area contributed by atoms with Crippen LogP contribution in [0.3, 0.4) is 0 Å². The second-order valence-corrected chi connectivity index (χ2v) is 7.63. The maximum absolute atomic E-state index is 10.4. The van der Waals surface area contributed by atoms with Crippen LogP contribution in [0.25, 0.3) is 22.2 Å². The number of aromatic nitrogens is 2. The normalized spacial score (nSPS) is 19.4. The van der Waals surface area contributed by atoms with Crippen molar-refractivity contribution >= 4 is 10.8 Å². The van der Waals surface area contributed by atoms with Crippen molar-refractivity contribution in [3.63, 3.8) is 0 Å². The van der Waals surface area contributed by atoms with E-state index in [9.17, 15) is 5.11 Å². The molecule has 1 aromatic heterocycles. The molecule has 0 bridgehead atoms. The van der Waals surface area contributed by atoms with Crippen molar-refractivity contribution in [2.24, 2.45) is 0 Å². The van der Waals surface area contributed by atoms with Crippen LogP contribution in [0.1, 0.15) is 23.9 Å². The zero-order valence-corrected chi connectivity index (χ0v) is 16.7. The Morgan fingerprint density at radius 2 is 1.80 bits per heavy atom. The average molecular weight is 401 g/mol. The number of rotatable bonds is 5. The molecule has 0 saturated carbocycles. The van der Waals surface area contributed by atoms with E-state index in [4.69, 9.17) is 9.26 Å². The molecule has 4 aromatic rings. The Labute approximate surface area is 174 Å². The fourth-order valence-electron chi connectivity index (χ4n) is 4.25. The molecule has 0 radical (unpaired) electrons. The zero-order chi connectivity index (χ0) is 20.5. The third-order valence-corrected chi connectivity index (χ3v) is 5.71. The van der Waals surface area contributed by atoms with Crippen LogP contribution in [-0.4, -0.2) is 39.9 Å². The van der Waals surface area contributed by atoms with E-state index in [1.165, 1.54) is 5.56 Å². The first-order valence-electron chi connectivity index (χ1n) is 10.1. The highest BCUT2D eigenvalue weighted by Crippen LogP contribution is 2.36. The molecule has 30 heavy (non-hydrogen) atoms. The van der Waals surface area contributed by atoms with E-state index >= 15 is 0 Å². The van der Waals surface area contributed by atoms with Crippen LogP contribution < -0.4 is 4.74 Å². The van der Waals surface area contributed by atoms with Crippen molar-refractivity contribution in [2.75, 3.05) is 13.7 Å². The first kappa shape index (κ1) is 18.8. The van der Waals surface area contributed by atoms with Crippen molar-refractivity contribution in [1.82, 2.24) is 15.0 Å². The van der Waals surface area contributed by atoms with Gasteiger partial charge < -0.3 is 14.4 Å². The van der Waals surface area contributed by atoms with Gasteiger partial charge in [0.2, 0.25) is 11.7 Å². The maximum Gasteiger partial charge on any atom is 0.244 e. The Morgan fingerprint density at radius 1 is 1.03 bits per heavy atom. The van der Waals surface area contributed by atoms with Gasteiger partial charge in [0.1, 0.15) is 5.75 Å². The van der Waals surface area contributed by atoms with Crippen molar-refractivity contribution in [3.05, 3.63) is 78.2 Å². The van der Waals surface area contributed by atoms with E-state index in [0.717, 1.165) is 22.1 Å². The SMILES string of the molecule is COc1ccc(CN2C[C@H](O)C[C@H]2c2nc(-c3ccccc3)no2)c2ccccc12. The van der Waals surface area contributed by atoms with Gasteiger partial charge in [0, 0.05) is 24.0 Å². The molecule has 0 aliphatic carbocycles. The summed E-state index contributed by atoms with van der Waals surface area (Å²) in [5.74, 6) is 1.97. The minimum atomic E-state index is -0.424. The fraction of sp³-hybridized carbons (Fsp3) is 0.250. The Hall–Kier alpha value is -3.22. The smallest absolute Gasteiger partial charge is 0.244 e. The van der Waals surface area contributed by atoms with Crippen LogP contribution in [0.2, 0.25) is 0 Å². The summed E-state index contributed by atoms with van der Waals surface area (Å²) in [6.07, 6.45) is 0.149. The predicted octanol–water partition coefficient (Wildman–Crippen LogP) is 4.21. The van der Waals surface area contributed by atoms with Gasteiger partial charge in [-0.05, 0) is 23.4 Å². The molecule has 1 saturated heterocycles. The minimum absolute atomic E-state index is 0.120. The summed E-state index contributed by atoms with van der Waals surface area (Å²) >= 11 is 0. The molecule has 3 aromatic carbocycles. The lowest BCUT2D eigenvalue weighted by Gasteiger charge is -2.22. The molecule has 1 aliphatic heterocycles. The first-order valence-corrected chi connectivity index (χ1v) is 10.1. The highest BCUT2D eigenvalue weighted by molar-refractivity contribution is 5.91. The van der Waals surface area contributed by atoms with Gasteiger partial charge in [0.25, 0.3) is 0 Å². The first-order chi connectivity index (χ1) is 14.7. The van der Waals surface area contributed by atoms with E-state index < -0.39 is 6.10 Å². The quantitative estimate of drug-likeness (QED) is 0.540. The molecule has 5 rings (SSSR count). The van der Waals surface area contributed by atoms with Crippen LogP contribution in [-0.2, 0) is 6.54 Å². The molecule has 1 aliphatic rings. The number of benzene rings is 3. The zero-order valence-electron chi connectivity index (χ0n) is 16.7. The second kappa shape index (κ2) is 7.89. The molecule has 0 spiro atoms. The number of hydrogen-bond donors (Lipinski definition) is 1. The number of nitrogens with zero attached hydrogens (tertiary/aromatic N) is 3. The molecule has 2 heterocycles. The molecule has 0 unspecified atom stereocenters. The third-order valence-electron chi connectivity index (χ3n) is 5.71.